The number of hydrogen-bond donors (Lipinski definition) is 1. The molecule has 0 aliphatic heterocycles. The molecule has 0 bridgehead atoms. The Hall–Kier alpha value is -1.18. The minimum absolute atomic E-state index is 0.0472. The summed E-state index contributed by atoms with van der Waals surface area (Å²) in [6, 6.07) is 5.83. The van der Waals surface area contributed by atoms with E-state index in [1.165, 1.54) is 18.2 Å². The van der Waals surface area contributed by atoms with E-state index in [2.05, 4.69) is 22.5 Å². The summed E-state index contributed by atoms with van der Waals surface area (Å²) in [6.45, 7) is 3.33. The van der Waals surface area contributed by atoms with Crippen LogP contribution in [0.15, 0.2) is 34.8 Å². The van der Waals surface area contributed by atoms with Crippen LogP contribution in [0.25, 0.3) is 0 Å². The molecule has 1 atom stereocenters. The van der Waals surface area contributed by atoms with Crippen molar-refractivity contribution in [2.45, 2.75) is 6.10 Å². The standard InChI is InChI=1S/C10H7BrFNO/c1-6(5-13)10(14)8-4-7(11)2-3-9(8)12/h2-4,10,14H,1H2. The first-order valence-electron chi connectivity index (χ1n) is 3.78. The largest absolute Gasteiger partial charge is 0.383 e. The van der Waals surface area contributed by atoms with Gasteiger partial charge in [0.15, 0.2) is 0 Å². The molecular weight excluding hydrogens is 249 g/mol. The monoisotopic (exact) mass is 255 g/mol. The number of aliphatic hydroxyl groups excluding tert-OH is 1. The molecule has 1 rings (SSSR count). The van der Waals surface area contributed by atoms with E-state index in [0.717, 1.165) is 0 Å². The van der Waals surface area contributed by atoms with Crippen molar-refractivity contribution in [2.24, 2.45) is 0 Å². The average Bonchev–Trinajstić information content (AvgIpc) is 2.19. The molecule has 1 aromatic carbocycles. The van der Waals surface area contributed by atoms with E-state index in [9.17, 15) is 9.50 Å². The highest BCUT2D eigenvalue weighted by Crippen LogP contribution is 2.25. The number of nitrogens with zero attached hydrogens (tertiary/aromatic N) is 1. The van der Waals surface area contributed by atoms with Crippen molar-refractivity contribution in [2.75, 3.05) is 0 Å². The SMILES string of the molecule is C=C(C#N)C(O)c1cc(Br)ccc1F. The summed E-state index contributed by atoms with van der Waals surface area (Å²) in [5.41, 5.74) is -0.0343. The normalized spacial score (nSPS) is 11.9. The van der Waals surface area contributed by atoms with Crippen molar-refractivity contribution >= 4 is 15.9 Å². The van der Waals surface area contributed by atoms with Crippen LogP contribution < -0.4 is 0 Å². The molecule has 0 saturated carbocycles. The van der Waals surface area contributed by atoms with Crippen molar-refractivity contribution in [3.63, 3.8) is 0 Å². The van der Waals surface area contributed by atoms with E-state index in [-0.39, 0.29) is 11.1 Å². The maximum atomic E-state index is 13.2. The Labute approximate surface area is 89.4 Å². The van der Waals surface area contributed by atoms with Crippen LogP contribution in [-0.4, -0.2) is 5.11 Å². The van der Waals surface area contributed by atoms with Crippen LogP contribution in [0.3, 0.4) is 0 Å². The topological polar surface area (TPSA) is 44.0 Å². The van der Waals surface area contributed by atoms with Crippen molar-refractivity contribution in [1.82, 2.24) is 0 Å². The van der Waals surface area contributed by atoms with Gasteiger partial charge in [-0.1, -0.05) is 22.5 Å². The summed E-state index contributed by atoms with van der Waals surface area (Å²) >= 11 is 3.15. The highest BCUT2D eigenvalue weighted by molar-refractivity contribution is 9.10. The molecule has 1 aromatic rings. The minimum Gasteiger partial charge on any atom is -0.383 e. The molecular formula is C10H7BrFNO. The zero-order chi connectivity index (χ0) is 10.7. The van der Waals surface area contributed by atoms with Gasteiger partial charge in [-0.25, -0.2) is 4.39 Å². The van der Waals surface area contributed by atoms with Gasteiger partial charge in [0.25, 0.3) is 0 Å². The second kappa shape index (κ2) is 4.36. The van der Waals surface area contributed by atoms with Crippen molar-refractivity contribution in [3.05, 3.63) is 46.2 Å². The molecule has 0 aliphatic carbocycles. The lowest BCUT2D eigenvalue weighted by Crippen LogP contribution is -2.02. The van der Waals surface area contributed by atoms with Gasteiger partial charge in [0.1, 0.15) is 11.9 Å². The zero-order valence-corrected chi connectivity index (χ0v) is 8.75. The first kappa shape index (κ1) is 10.9. The average molecular weight is 256 g/mol. The number of aliphatic hydroxyl groups is 1. The van der Waals surface area contributed by atoms with Gasteiger partial charge in [0.2, 0.25) is 0 Å². The molecule has 0 radical (unpaired) electrons. The van der Waals surface area contributed by atoms with Crippen LogP contribution in [0.2, 0.25) is 0 Å². The molecule has 0 aromatic heterocycles. The summed E-state index contributed by atoms with van der Waals surface area (Å²) in [5, 5.41) is 18.0. The highest BCUT2D eigenvalue weighted by Gasteiger charge is 2.15. The van der Waals surface area contributed by atoms with Crippen molar-refractivity contribution < 1.29 is 9.50 Å². The summed E-state index contributed by atoms with van der Waals surface area (Å²) < 4.78 is 13.8. The number of rotatable bonds is 2. The van der Waals surface area contributed by atoms with Gasteiger partial charge in [-0.05, 0) is 18.2 Å². The maximum Gasteiger partial charge on any atom is 0.129 e. The van der Waals surface area contributed by atoms with Gasteiger partial charge in [-0.3, -0.25) is 0 Å². The minimum atomic E-state index is -1.28. The van der Waals surface area contributed by atoms with Gasteiger partial charge < -0.3 is 5.11 Å². The Bertz CT molecular complexity index is 411. The second-order valence-electron chi connectivity index (χ2n) is 2.71. The van der Waals surface area contributed by atoms with E-state index < -0.39 is 11.9 Å². The number of benzene rings is 1. The van der Waals surface area contributed by atoms with Crippen LogP contribution >= 0.6 is 15.9 Å². The fourth-order valence-electron chi connectivity index (χ4n) is 0.973. The zero-order valence-electron chi connectivity index (χ0n) is 7.17. The lowest BCUT2D eigenvalue weighted by atomic mass is 10.0. The Morgan fingerprint density at radius 1 is 1.64 bits per heavy atom. The molecule has 1 unspecified atom stereocenters. The van der Waals surface area contributed by atoms with E-state index in [4.69, 9.17) is 5.26 Å². The number of nitriles is 1. The van der Waals surface area contributed by atoms with E-state index >= 15 is 0 Å². The van der Waals surface area contributed by atoms with E-state index in [1.807, 2.05) is 0 Å². The predicted octanol–water partition coefficient (Wildman–Crippen LogP) is 2.70. The molecule has 0 amide bonds. The van der Waals surface area contributed by atoms with E-state index in [0.29, 0.717) is 4.47 Å². The van der Waals surface area contributed by atoms with Gasteiger partial charge in [-0.15, -0.1) is 0 Å². The fourth-order valence-corrected chi connectivity index (χ4v) is 1.35. The highest BCUT2D eigenvalue weighted by atomic mass is 79.9. The molecule has 0 heterocycles. The summed E-state index contributed by atoms with van der Waals surface area (Å²) in [5.74, 6) is -0.558. The lowest BCUT2D eigenvalue weighted by Gasteiger charge is -2.09. The Morgan fingerprint density at radius 2 is 2.29 bits per heavy atom. The second-order valence-corrected chi connectivity index (χ2v) is 3.62. The lowest BCUT2D eigenvalue weighted by molar-refractivity contribution is 0.215. The molecule has 0 aliphatic rings. The third-order valence-electron chi connectivity index (χ3n) is 1.73. The smallest absolute Gasteiger partial charge is 0.129 e. The quantitative estimate of drug-likeness (QED) is 0.826. The third kappa shape index (κ3) is 2.19. The Morgan fingerprint density at radius 3 is 2.86 bits per heavy atom. The molecule has 4 heteroatoms. The number of hydrogen-bond acceptors (Lipinski definition) is 2. The first-order chi connectivity index (χ1) is 6.56. The van der Waals surface area contributed by atoms with Gasteiger partial charge in [0, 0.05) is 10.0 Å². The predicted molar refractivity (Wildman–Crippen MR) is 53.8 cm³/mol. The Balaban J connectivity index is 3.13. The van der Waals surface area contributed by atoms with Crippen LogP contribution in [0.5, 0.6) is 0 Å². The van der Waals surface area contributed by atoms with Crippen LogP contribution in [0, 0.1) is 17.1 Å². The van der Waals surface area contributed by atoms with Gasteiger partial charge >= 0.3 is 0 Å². The first-order valence-corrected chi connectivity index (χ1v) is 4.57. The molecule has 0 fully saturated rings. The third-order valence-corrected chi connectivity index (χ3v) is 2.22. The van der Waals surface area contributed by atoms with E-state index in [1.54, 1.807) is 6.07 Å². The van der Waals surface area contributed by atoms with Gasteiger partial charge in [-0.2, -0.15) is 5.26 Å². The molecule has 0 spiro atoms. The number of halogens is 2. The molecule has 1 N–H and O–H groups in total. The fraction of sp³-hybridized carbons (Fsp3) is 0.100. The molecule has 2 nitrogen and oxygen atoms in total. The Kier molecular flexibility index (Phi) is 3.39. The summed E-state index contributed by atoms with van der Waals surface area (Å²) in [4.78, 5) is 0. The van der Waals surface area contributed by atoms with Crippen molar-refractivity contribution in [3.8, 4) is 6.07 Å². The van der Waals surface area contributed by atoms with Crippen LogP contribution in [0.1, 0.15) is 11.7 Å². The van der Waals surface area contributed by atoms with Crippen molar-refractivity contribution in [1.29, 1.82) is 5.26 Å². The van der Waals surface area contributed by atoms with Gasteiger partial charge in [0.05, 0.1) is 11.6 Å². The van der Waals surface area contributed by atoms with Crippen LogP contribution in [0.4, 0.5) is 4.39 Å². The molecule has 72 valence electrons. The maximum absolute atomic E-state index is 13.2. The molecule has 14 heavy (non-hydrogen) atoms. The van der Waals surface area contributed by atoms with Crippen LogP contribution in [-0.2, 0) is 0 Å². The molecule has 0 saturated heterocycles. The summed E-state index contributed by atoms with van der Waals surface area (Å²) in [7, 11) is 0. The summed E-state index contributed by atoms with van der Waals surface area (Å²) in [6.07, 6.45) is -1.28.